The highest BCUT2D eigenvalue weighted by Crippen LogP contribution is 2.38. The molecular formula is C53H60F2N8O10. The van der Waals surface area contributed by atoms with Crippen molar-refractivity contribution in [2.45, 2.75) is 50.6 Å². The van der Waals surface area contributed by atoms with E-state index in [1.165, 1.54) is 12.1 Å². The van der Waals surface area contributed by atoms with Gasteiger partial charge in [-0.1, -0.05) is 18.2 Å². The molecule has 0 bridgehead atoms. The molecule has 9 rings (SSSR count). The molecule has 3 saturated heterocycles. The van der Waals surface area contributed by atoms with Crippen LogP contribution in [0.4, 0.5) is 31.7 Å². The molecule has 0 radical (unpaired) electrons. The molecule has 4 aliphatic rings. The summed E-state index contributed by atoms with van der Waals surface area (Å²) in [6, 6.07) is 22.0. The zero-order valence-electron chi connectivity index (χ0n) is 40.6. The van der Waals surface area contributed by atoms with Crippen LogP contribution in [0, 0.1) is 11.6 Å². The van der Waals surface area contributed by atoms with Crippen molar-refractivity contribution in [1.29, 1.82) is 0 Å². The molecule has 4 aromatic carbocycles. The number of rotatable bonds is 23. The van der Waals surface area contributed by atoms with Crippen LogP contribution < -0.4 is 20.4 Å². The van der Waals surface area contributed by atoms with Gasteiger partial charge in [0.25, 0.3) is 11.8 Å². The number of H-pyrrole nitrogens is 1. The number of carbonyl (C=O) groups excluding carboxylic acids is 5. The average molecular weight is 1010 g/mol. The molecule has 3 N–H and O–H groups in total. The standard InChI is InChI=1S/C53H60F2N8O10/c54-37-30-36(31-38(55)33-37)29-35-7-8-44-43(32-35)50(59-58-44)62(39-11-19-69-20-12-39)41-4-1-3-40(34-41)60-15-17-61(18-16-60)48(65)13-21-70-23-25-72-27-28-73-26-24-71-22-14-56-45-6-2-5-42-49(45)53(68)63(52(42)67)46-9-10-47(64)57-51(46)66/h1-8,30-34,39,46,56H,9-29H2,(H,58,59)(H,57,64,66). The Hall–Kier alpha value is -6.84. The maximum Gasteiger partial charge on any atom is 0.264 e. The Balaban J connectivity index is 0.644. The maximum atomic E-state index is 14.0. The SMILES string of the molecule is O=C1CCC(N2C(=O)c3cccc(NCCOCCOCCOCCOCCC(=O)N4CCN(c5cccc(N(c6n[nH]c7ccc(Cc8cc(F)cc(F)c8)cc67)C6CCOCC6)c5)CC4)c3C2=O)C(=O)N1. The van der Waals surface area contributed by atoms with Crippen molar-refractivity contribution in [1.82, 2.24) is 25.3 Å². The highest BCUT2D eigenvalue weighted by molar-refractivity contribution is 6.25. The van der Waals surface area contributed by atoms with Crippen molar-refractivity contribution < 1.29 is 56.4 Å². The number of piperidine rings is 1. The number of fused-ring (bicyclic) bond motifs is 2. The van der Waals surface area contributed by atoms with Crippen LogP contribution >= 0.6 is 0 Å². The van der Waals surface area contributed by atoms with Crippen molar-refractivity contribution >= 4 is 63.3 Å². The number of benzene rings is 4. The molecule has 0 saturated carbocycles. The largest absolute Gasteiger partial charge is 0.382 e. The first-order valence-corrected chi connectivity index (χ1v) is 24.9. The van der Waals surface area contributed by atoms with Gasteiger partial charge in [-0.3, -0.25) is 39.3 Å². The topological polar surface area (TPSA) is 197 Å². The van der Waals surface area contributed by atoms with Gasteiger partial charge in [-0.25, -0.2) is 8.78 Å². The molecule has 0 aliphatic carbocycles. The smallest absolute Gasteiger partial charge is 0.264 e. The molecule has 20 heteroatoms. The quantitative estimate of drug-likeness (QED) is 0.0558. The van der Waals surface area contributed by atoms with E-state index in [0.717, 1.165) is 57.5 Å². The van der Waals surface area contributed by atoms with E-state index in [9.17, 15) is 32.8 Å². The van der Waals surface area contributed by atoms with Crippen LogP contribution in [-0.2, 0) is 44.5 Å². The lowest BCUT2D eigenvalue weighted by Crippen LogP contribution is -2.54. The van der Waals surface area contributed by atoms with Gasteiger partial charge in [-0.2, -0.15) is 5.10 Å². The van der Waals surface area contributed by atoms with Crippen LogP contribution in [0.2, 0.25) is 0 Å². The first-order valence-electron chi connectivity index (χ1n) is 24.9. The van der Waals surface area contributed by atoms with E-state index in [2.05, 4.69) is 49.8 Å². The fraction of sp³-hybridized carbons (Fsp3) is 0.434. The first kappa shape index (κ1) is 51.1. The number of aromatic nitrogens is 2. The van der Waals surface area contributed by atoms with E-state index in [1.807, 2.05) is 23.1 Å². The van der Waals surface area contributed by atoms with E-state index >= 15 is 0 Å². The molecule has 4 aliphatic heterocycles. The van der Waals surface area contributed by atoms with Gasteiger partial charge in [0.2, 0.25) is 17.7 Å². The molecule has 1 aromatic heterocycles. The first-order chi connectivity index (χ1) is 35.6. The highest BCUT2D eigenvalue weighted by Gasteiger charge is 2.45. The van der Waals surface area contributed by atoms with Gasteiger partial charge >= 0.3 is 0 Å². The van der Waals surface area contributed by atoms with E-state index in [0.29, 0.717) is 116 Å². The average Bonchev–Trinajstić information content (AvgIpc) is 3.91. The van der Waals surface area contributed by atoms with Crippen molar-refractivity contribution in [3.05, 3.63) is 113 Å². The summed E-state index contributed by atoms with van der Waals surface area (Å²) in [4.78, 5) is 70.8. The van der Waals surface area contributed by atoms with Crippen molar-refractivity contribution in [2.75, 3.05) is 114 Å². The van der Waals surface area contributed by atoms with Crippen LogP contribution in [0.15, 0.2) is 78.9 Å². The number of anilines is 4. The van der Waals surface area contributed by atoms with Crippen LogP contribution in [0.1, 0.15) is 63.9 Å². The number of hydrogen-bond donors (Lipinski definition) is 3. The normalized spacial score (nSPS) is 17.4. The van der Waals surface area contributed by atoms with E-state index in [1.54, 1.807) is 18.2 Å². The predicted octanol–water partition coefficient (Wildman–Crippen LogP) is 5.37. The van der Waals surface area contributed by atoms with Crippen LogP contribution in [0.5, 0.6) is 0 Å². The lowest BCUT2D eigenvalue weighted by Gasteiger charge is -2.38. The summed E-state index contributed by atoms with van der Waals surface area (Å²) in [5.41, 5.74) is 5.24. The zero-order valence-corrected chi connectivity index (χ0v) is 40.6. The molecular weight excluding hydrogens is 947 g/mol. The van der Waals surface area contributed by atoms with Crippen molar-refractivity contribution in [2.24, 2.45) is 0 Å². The Kier molecular flexibility index (Phi) is 17.0. The number of imide groups is 2. The number of ether oxygens (including phenoxy) is 5. The van der Waals surface area contributed by atoms with Gasteiger partial charge < -0.3 is 43.7 Å². The molecule has 5 aromatic rings. The second-order valence-corrected chi connectivity index (χ2v) is 18.3. The van der Waals surface area contributed by atoms with Crippen LogP contribution in [0.3, 0.4) is 0 Å². The third kappa shape index (κ3) is 12.5. The number of hydrogen-bond acceptors (Lipinski definition) is 14. The van der Waals surface area contributed by atoms with Gasteiger partial charge in [0.1, 0.15) is 17.7 Å². The van der Waals surface area contributed by atoms with Crippen molar-refractivity contribution in [3.63, 3.8) is 0 Å². The summed E-state index contributed by atoms with van der Waals surface area (Å²) < 4.78 is 56.4. The lowest BCUT2D eigenvalue weighted by molar-refractivity contribution is -0.136. The molecule has 1 unspecified atom stereocenters. The zero-order chi connectivity index (χ0) is 50.7. The highest BCUT2D eigenvalue weighted by atomic mass is 19.1. The molecule has 73 heavy (non-hydrogen) atoms. The Bertz CT molecular complexity index is 2760. The summed E-state index contributed by atoms with van der Waals surface area (Å²) in [5, 5.41) is 14.3. The molecule has 5 heterocycles. The van der Waals surface area contributed by atoms with Crippen LogP contribution in [-0.4, -0.2) is 160 Å². The van der Waals surface area contributed by atoms with Gasteiger partial charge in [-0.05, 0) is 91.4 Å². The van der Waals surface area contributed by atoms with Gasteiger partial charge in [0.15, 0.2) is 5.82 Å². The third-order valence-corrected chi connectivity index (χ3v) is 13.4. The fourth-order valence-electron chi connectivity index (χ4n) is 9.79. The minimum absolute atomic E-state index is 0.0484. The molecule has 18 nitrogen and oxygen atoms in total. The Morgan fingerprint density at radius 2 is 1.45 bits per heavy atom. The van der Waals surface area contributed by atoms with Gasteiger partial charge in [0, 0.05) is 86.9 Å². The summed E-state index contributed by atoms with van der Waals surface area (Å²) in [6.07, 6.45) is 2.44. The molecule has 0 spiro atoms. The number of piperazine rings is 1. The summed E-state index contributed by atoms with van der Waals surface area (Å²) in [5.74, 6) is -2.59. The number of carbonyl (C=O) groups is 5. The van der Waals surface area contributed by atoms with E-state index < -0.39 is 41.3 Å². The minimum Gasteiger partial charge on any atom is -0.382 e. The van der Waals surface area contributed by atoms with Crippen molar-refractivity contribution in [3.8, 4) is 0 Å². The third-order valence-electron chi connectivity index (χ3n) is 13.4. The Morgan fingerprint density at radius 3 is 2.18 bits per heavy atom. The predicted molar refractivity (Wildman–Crippen MR) is 266 cm³/mol. The number of aromatic amines is 1. The summed E-state index contributed by atoms with van der Waals surface area (Å²) >= 11 is 0. The Labute approximate surface area is 421 Å². The minimum atomic E-state index is -1.03. The molecule has 386 valence electrons. The fourth-order valence-corrected chi connectivity index (χ4v) is 9.79. The lowest BCUT2D eigenvalue weighted by atomic mass is 10.0. The summed E-state index contributed by atoms with van der Waals surface area (Å²) in [7, 11) is 0. The second kappa shape index (κ2) is 24.3. The number of amides is 5. The van der Waals surface area contributed by atoms with Gasteiger partial charge in [-0.15, -0.1) is 0 Å². The molecule has 1 atom stereocenters. The monoisotopic (exact) mass is 1010 g/mol. The van der Waals surface area contributed by atoms with Crippen LogP contribution in [0.25, 0.3) is 10.9 Å². The van der Waals surface area contributed by atoms with Gasteiger partial charge in [0.05, 0.1) is 75.9 Å². The molecule has 3 fully saturated rings. The number of nitrogens with one attached hydrogen (secondary N) is 3. The number of halogens is 2. The van der Waals surface area contributed by atoms with E-state index in [-0.39, 0.29) is 42.3 Å². The summed E-state index contributed by atoms with van der Waals surface area (Å²) in [6.45, 7) is 6.94. The van der Waals surface area contributed by atoms with E-state index in [4.69, 9.17) is 28.8 Å². The Morgan fingerprint density at radius 1 is 0.753 bits per heavy atom. The maximum absolute atomic E-state index is 14.0. The molecule has 5 amide bonds. The number of nitrogens with zero attached hydrogens (tertiary/aromatic N) is 5. The second-order valence-electron chi connectivity index (χ2n) is 18.3.